The molecule has 5 N–H and O–H groups in total. The molecular weight excluding hydrogens is 1140 g/mol. The number of anilines is 1. The van der Waals surface area contributed by atoms with E-state index < -0.39 is 4.92 Å². The van der Waals surface area contributed by atoms with Gasteiger partial charge in [-0.3, -0.25) is 35.0 Å². The SMILES string of the molecule is C.C.C.C.C.C.C.C.C.C.C.Cl.N.Nc1ccc([N+](=O)[O-])cc1.O=N[O-].O=[N+]([O-])c1ccc([PH2+]c2ccccc2)cc1.O=[N+]([O-])c1ccc([PH2+]c2ccccc2)cc1.Pc1ccccc1.[18FH].[18F]c1ccc([PH2+]c2ccccc2)cc1.[Na+]. The summed E-state index contributed by atoms with van der Waals surface area (Å²) in [5.41, 5.74) is 6.20. The second-order valence-corrected chi connectivity index (χ2v) is 18.8. The van der Waals surface area contributed by atoms with Crippen molar-refractivity contribution in [2.24, 2.45) is 5.34 Å². The fraction of sp³-hybridized carbons (Fsp3) is 0.186. The Morgan fingerprint density at radius 1 is 0.395 bits per heavy atom. The Labute approximate surface area is 520 Å². The maximum absolute atomic E-state index is 12.6. The smallest absolute Gasteiger partial charge is 0.444 e. The van der Waals surface area contributed by atoms with Crippen molar-refractivity contribution in [1.29, 1.82) is 0 Å². The molecule has 8 rings (SSSR count). The number of nitrogen functional groups attached to an aromatic ring is 1. The third kappa shape index (κ3) is 47.4. The van der Waals surface area contributed by atoms with Crippen LogP contribution in [-0.2, 0) is 0 Å². The Balaban J connectivity index is -0.0000000623. The predicted octanol–water partition coefficient (Wildman–Crippen LogP) is 13.5. The van der Waals surface area contributed by atoms with E-state index in [-0.39, 0.29) is 193 Å². The van der Waals surface area contributed by atoms with Crippen molar-refractivity contribution >= 4 is 107 Å². The molecular formula is C59H95ClF2N6NaO8P4+3. The van der Waals surface area contributed by atoms with E-state index in [1.165, 1.54) is 62.9 Å². The Kier molecular flexibility index (Phi) is 83.3. The molecule has 0 aliphatic heterocycles. The molecule has 0 heterocycles. The third-order valence-corrected chi connectivity index (χ3v) is 13.1. The van der Waals surface area contributed by atoms with E-state index in [1.54, 1.807) is 24.3 Å². The van der Waals surface area contributed by atoms with Gasteiger partial charge in [0.25, 0.3) is 17.1 Å². The van der Waals surface area contributed by atoms with Gasteiger partial charge in [-0.1, -0.05) is 167 Å². The second kappa shape index (κ2) is 63.2. The molecule has 22 heteroatoms. The van der Waals surface area contributed by atoms with Crippen molar-refractivity contribution < 1.29 is 53.4 Å². The van der Waals surface area contributed by atoms with Crippen LogP contribution in [0.3, 0.4) is 0 Å². The molecule has 4 unspecified atom stereocenters. The molecule has 448 valence electrons. The molecule has 14 nitrogen and oxygen atoms in total. The third-order valence-electron chi connectivity index (χ3n) is 8.38. The molecule has 0 radical (unpaired) electrons. The molecule has 8 aromatic rings. The van der Waals surface area contributed by atoms with E-state index in [0.717, 1.165) is 15.9 Å². The maximum atomic E-state index is 12.6. The Hall–Kier alpha value is -6.01. The summed E-state index contributed by atoms with van der Waals surface area (Å²) in [7, 11) is 2.77. The summed E-state index contributed by atoms with van der Waals surface area (Å²) in [5.74, 6) is -0.166. The van der Waals surface area contributed by atoms with Crippen LogP contribution in [0.15, 0.2) is 224 Å². The zero-order valence-electron chi connectivity index (χ0n) is 37.6. The van der Waals surface area contributed by atoms with E-state index in [4.69, 9.17) is 15.8 Å². The summed E-state index contributed by atoms with van der Waals surface area (Å²) in [5, 5.41) is 48.7. The summed E-state index contributed by atoms with van der Waals surface area (Å²) in [6, 6.07) is 66.8. The Bertz CT molecular complexity index is 2560. The van der Waals surface area contributed by atoms with Crippen LogP contribution >= 0.6 is 47.4 Å². The van der Waals surface area contributed by atoms with Crippen LogP contribution in [-0.4, -0.2) is 14.8 Å². The van der Waals surface area contributed by atoms with Crippen molar-refractivity contribution in [3.8, 4) is 0 Å². The number of halogens is 3. The van der Waals surface area contributed by atoms with Gasteiger partial charge in [0.15, 0.2) is 0 Å². The van der Waals surface area contributed by atoms with Crippen LogP contribution in [0.1, 0.15) is 81.7 Å². The van der Waals surface area contributed by atoms with Crippen LogP contribution in [0.2, 0.25) is 0 Å². The van der Waals surface area contributed by atoms with E-state index in [0.29, 0.717) is 5.69 Å². The number of rotatable bonds is 9. The summed E-state index contributed by atoms with van der Waals surface area (Å²) >= 11 is 0. The van der Waals surface area contributed by atoms with Gasteiger partial charge >= 0.3 is 29.6 Å². The Morgan fingerprint density at radius 2 is 0.580 bits per heavy atom. The van der Waals surface area contributed by atoms with Crippen LogP contribution in [0.25, 0.3) is 0 Å². The molecule has 0 fully saturated rings. The molecule has 4 atom stereocenters. The van der Waals surface area contributed by atoms with Crippen LogP contribution in [0, 0.1) is 46.3 Å². The van der Waals surface area contributed by atoms with E-state index in [1.807, 2.05) is 121 Å². The molecule has 0 aliphatic carbocycles. The van der Waals surface area contributed by atoms with Gasteiger partial charge in [0.05, 0.1) is 72.3 Å². The van der Waals surface area contributed by atoms with Crippen molar-refractivity contribution in [2.75, 3.05) is 5.73 Å². The van der Waals surface area contributed by atoms with Gasteiger partial charge in [0.2, 0.25) is 0 Å². The number of non-ortho nitro benzene ring substituents is 3. The number of nitrogens with zero attached hydrogens (tertiary/aromatic N) is 4. The van der Waals surface area contributed by atoms with Gasteiger partial charge in [-0.25, -0.2) is 4.39 Å². The quantitative estimate of drug-likeness (QED) is 0.0346. The second-order valence-electron chi connectivity index (χ2n) is 13.2. The molecule has 81 heavy (non-hydrogen) atoms. The molecule has 0 saturated heterocycles. The van der Waals surface area contributed by atoms with Crippen molar-refractivity contribution in [3.05, 3.63) is 265 Å². The minimum Gasteiger partial charge on any atom is -0.444 e. The monoisotopic (exact) mass is 1230 g/mol. The molecule has 0 aliphatic rings. The standard InChI is InChI=1S/C12H10FP.2C12H10NO2P.C6H6N2O2.C6H7P.11CH4.ClH.FH.HNO2.H3N.Na/c13-10-6-8-12(9-7-10)14-11-4-2-1-3-5-11;2*14-13(15)10-6-8-12(9-7-10)16-11-4-2-1-3-5-11;7-5-1-3-6(4-2-5)8(9)10;7-6-4-2-1-3-5-6;;;;;;;;;;;;;;2-1-3;;/h1-9,14H;2*1-9,16H;1-4H,7H2;1-5H,7H2;11*1H4;2*1H;(H,2,3);1H3;/q;;;;;;;;;;;;;;;;;;;;+1/p+2/i13-1;;;;;;;;;;;;;;;;;1-1;;;. The first-order valence-corrected chi connectivity index (χ1v) is 23.6. The van der Waals surface area contributed by atoms with Crippen LogP contribution in [0.5, 0.6) is 0 Å². The predicted molar refractivity (Wildman–Crippen MR) is 370 cm³/mol. The Morgan fingerprint density at radius 3 is 0.778 bits per heavy atom. The van der Waals surface area contributed by atoms with Gasteiger partial charge in [-0.15, -0.1) is 27.0 Å². The van der Waals surface area contributed by atoms with Crippen molar-refractivity contribution in [2.45, 2.75) is 81.7 Å². The first kappa shape index (κ1) is 107. The minimum absolute atomic E-state index is 0. The number of hydrogen-bond donors (Lipinski definition) is 2. The topological polar surface area (TPSA) is 243 Å². The number of nitro groups is 3. The van der Waals surface area contributed by atoms with Gasteiger partial charge in [-0.2, -0.15) is 0 Å². The van der Waals surface area contributed by atoms with Crippen molar-refractivity contribution in [3.63, 3.8) is 0 Å². The van der Waals surface area contributed by atoms with Crippen molar-refractivity contribution in [1.82, 2.24) is 6.15 Å². The summed E-state index contributed by atoms with van der Waals surface area (Å²) < 4.78 is 12.6. The average molecular weight is 1230 g/mol. The molecule has 0 aromatic heterocycles. The van der Waals surface area contributed by atoms with Gasteiger partial charge < -0.3 is 22.0 Å². The zero-order valence-corrected chi connectivity index (χ0v) is 45.1. The molecule has 0 bridgehead atoms. The fourth-order valence-electron chi connectivity index (χ4n) is 5.22. The zero-order chi connectivity index (χ0) is 47.9. The number of nitro benzene ring substituents is 3. The fourth-order valence-corrected chi connectivity index (χ4v) is 8.99. The first-order chi connectivity index (χ1) is 31.9. The largest absolute Gasteiger partial charge is 1.00 e. The van der Waals surface area contributed by atoms with Gasteiger partial charge in [-0.05, 0) is 102 Å². The van der Waals surface area contributed by atoms with E-state index in [9.17, 15) is 34.7 Å². The molecule has 8 aromatic carbocycles. The minimum atomic E-state index is -0.459. The number of nitrogens with two attached hydrogens (primary N) is 1. The number of hydrogen-bond acceptors (Lipinski definition) is 11. The van der Waals surface area contributed by atoms with Gasteiger partial charge in [0, 0.05) is 42.1 Å². The molecule has 0 amide bonds. The number of benzene rings is 8. The van der Waals surface area contributed by atoms with Crippen LogP contribution < -0.4 is 78.6 Å². The molecule has 0 saturated carbocycles. The summed E-state index contributed by atoms with van der Waals surface area (Å²) in [6.07, 6.45) is 0. The normalized spacial score (nSPS) is 8.17. The van der Waals surface area contributed by atoms with Gasteiger partial charge in [0.1, 0.15) is 5.82 Å². The molecule has 0 spiro atoms. The van der Waals surface area contributed by atoms with E-state index in [2.05, 4.69) is 45.6 Å². The van der Waals surface area contributed by atoms with Crippen LogP contribution in [0.4, 0.5) is 31.8 Å². The maximum Gasteiger partial charge on any atom is 1.00 e. The summed E-state index contributed by atoms with van der Waals surface area (Å²) in [6.45, 7) is 0. The first-order valence-electron chi connectivity index (χ1n) is 19.6. The average Bonchev–Trinajstić information content (AvgIpc) is 3.33. The summed E-state index contributed by atoms with van der Waals surface area (Å²) in [4.78, 5) is 37.8. The van der Waals surface area contributed by atoms with E-state index >= 15 is 0 Å².